The maximum absolute atomic E-state index is 12.1. The Balaban J connectivity index is 1.70. The first-order valence-electron chi connectivity index (χ1n) is 6.89. The molecule has 1 aliphatic heterocycles. The van der Waals surface area contributed by atoms with Crippen molar-refractivity contribution >= 4 is 17.4 Å². The van der Waals surface area contributed by atoms with Gasteiger partial charge >= 0.3 is 6.03 Å². The van der Waals surface area contributed by atoms with Gasteiger partial charge in [0.1, 0.15) is 11.5 Å². The van der Waals surface area contributed by atoms with Gasteiger partial charge in [0.15, 0.2) is 11.5 Å². The predicted molar refractivity (Wildman–Crippen MR) is 84.8 cm³/mol. The molecule has 0 unspecified atom stereocenters. The van der Waals surface area contributed by atoms with E-state index in [0.29, 0.717) is 34.4 Å². The fraction of sp³-hybridized carbons (Fsp3) is 0.188. The van der Waals surface area contributed by atoms with Crippen LogP contribution in [0, 0.1) is 0 Å². The van der Waals surface area contributed by atoms with Crippen LogP contribution in [0.3, 0.4) is 0 Å². The number of ether oxygens (including phenoxy) is 4. The second-order valence-electron chi connectivity index (χ2n) is 4.71. The maximum atomic E-state index is 12.1. The van der Waals surface area contributed by atoms with Gasteiger partial charge < -0.3 is 29.6 Å². The van der Waals surface area contributed by atoms with E-state index in [9.17, 15) is 4.79 Å². The number of hydrogen-bond donors (Lipinski definition) is 2. The smallest absolute Gasteiger partial charge is 0.323 e. The first kappa shape index (κ1) is 14.8. The van der Waals surface area contributed by atoms with Crippen molar-refractivity contribution in [1.29, 1.82) is 0 Å². The van der Waals surface area contributed by atoms with Crippen LogP contribution in [0.25, 0.3) is 0 Å². The van der Waals surface area contributed by atoms with Crippen LogP contribution in [0.4, 0.5) is 16.2 Å². The average molecular weight is 316 g/mol. The minimum Gasteiger partial charge on any atom is -0.497 e. The molecule has 2 aromatic carbocycles. The van der Waals surface area contributed by atoms with Crippen molar-refractivity contribution in [2.24, 2.45) is 0 Å². The standard InChI is InChI=1S/C16H16N2O5/c1-20-11-4-5-12(14(8-11)21-2)18-16(19)17-10-3-6-13-15(7-10)23-9-22-13/h3-8H,9H2,1-2H3,(H2,17,18,19). The SMILES string of the molecule is COc1ccc(NC(=O)Nc2ccc3c(c2)OCO3)c(OC)c1. The fourth-order valence-electron chi connectivity index (χ4n) is 2.16. The summed E-state index contributed by atoms with van der Waals surface area (Å²) in [6.07, 6.45) is 0. The summed E-state index contributed by atoms with van der Waals surface area (Å²) >= 11 is 0. The van der Waals surface area contributed by atoms with Gasteiger partial charge in [-0.1, -0.05) is 0 Å². The van der Waals surface area contributed by atoms with Crippen LogP contribution >= 0.6 is 0 Å². The molecule has 1 aliphatic rings. The van der Waals surface area contributed by atoms with E-state index in [2.05, 4.69) is 10.6 Å². The van der Waals surface area contributed by atoms with Gasteiger partial charge in [-0.3, -0.25) is 0 Å². The van der Waals surface area contributed by atoms with Crippen LogP contribution in [0.5, 0.6) is 23.0 Å². The van der Waals surface area contributed by atoms with Gasteiger partial charge in [0.25, 0.3) is 0 Å². The second kappa shape index (κ2) is 6.35. The highest BCUT2D eigenvalue weighted by Crippen LogP contribution is 2.34. The number of benzene rings is 2. The highest BCUT2D eigenvalue weighted by atomic mass is 16.7. The Morgan fingerprint density at radius 1 is 1.00 bits per heavy atom. The van der Waals surface area contributed by atoms with E-state index in [1.54, 1.807) is 43.5 Å². The van der Waals surface area contributed by atoms with E-state index in [-0.39, 0.29) is 6.79 Å². The van der Waals surface area contributed by atoms with Crippen LogP contribution < -0.4 is 29.6 Å². The summed E-state index contributed by atoms with van der Waals surface area (Å²) in [6, 6.07) is 9.91. The maximum Gasteiger partial charge on any atom is 0.323 e. The van der Waals surface area contributed by atoms with Crippen molar-refractivity contribution in [3.05, 3.63) is 36.4 Å². The van der Waals surface area contributed by atoms with Crippen LogP contribution in [0.1, 0.15) is 0 Å². The van der Waals surface area contributed by atoms with Crippen molar-refractivity contribution in [3.63, 3.8) is 0 Å². The topological polar surface area (TPSA) is 78.1 Å². The van der Waals surface area contributed by atoms with Gasteiger partial charge in [0.05, 0.1) is 19.9 Å². The molecule has 0 spiro atoms. The molecule has 0 saturated heterocycles. The van der Waals surface area contributed by atoms with Gasteiger partial charge in [-0.2, -0.15) is 0 Å². The Labute approximate surface area is 133 Å². The van der Waals surface area contributed by atoms with Gasteiger partial charge in [0, 0.05) is 17.8 Å². The third-order valence-corrected chi connectivity index (χ3v) is 3.29. The van der Waals surface area contributed by atoms with Crippen LogP contribution in [0.2, 0.25) is 0 Å². The number of methoxy groups -OCH3 is 2. The molecule has 0 atom stereocenters. The molecule has 7 nitrogen and oxygen atoms in total. The van der Waals surface area contributed by atoms with E-state index in [0.717, 1.165) is 0 Å². The molecule has 7 heteroatoms. The Bertz CT molecular complexity index is 732. The van der Waals surface area contributed by atoms with Crippen molar-refractivity contribution < 1.29 is 23.7 Å². The summed E-state index contributed by atoms with van der Waals surface area (Å²) in [7, 11) is 3.09. The predicted octanol–water partition coefficient (Wildman–Crippen LogP) is 3.08. The molecule has 3 rings (SSSR count). The van der Waals surface area contributed by atoms with E-state index < -0.39 is 6.03 Å². The highest BCUT2D eigenvalue weighted by molar-refractivity contribution is 6.00. The lowest BCUT2D eigenvalue weighted by molar-refractivity contribution is 0.174. The molecule has 120 valence electrons. The molecule has 2 aromatic rings. The fourth-order valence-corrected chi connectivity index (χ4v) is 2.16. The van der Waals surface area contributed by atoms with Crippen molar-refractivity contribution in [2.75, 3.05) is 31.6 Å². The zero-order chi connectivity index (χ0) is 16.2. The van der Waals surface area contributed by atoms with Crippen molar-refractivity contribution in [2.45, 2.75) is 0 Å². The summed E-state index contributed by atoms with van der Waals surface area (Å²) in [4.78, 5) is 12.1. The molecule has 23 heavy (non-hydrogen) atoms. The molecular formula is C16H16N2O5. The van der Waals surface area contributed by atoms with Crippen LogP contribution in [-0.2, 0) is 0 Å². The van der Waals surface area contributed by atoms with E-state index in [4.69, 9.17) is 18.9 Å². The number of urea groups is 1. The molecule has 0 aliphatic carbocycles. The molecule has 0 fully saturated rings. The minimum absolute atomic E-state index is 0.189. The van der Waals surface area contributed by atoms with E-state index in [1.807, 2.05) is 0 Å². The Hall–Kier alpha value is -3.09. The number of carbonyl (C=O) groups is 1. The number of hydrogen-bond acceptors (Lipinski definition) is 5. The zero-order valence-electron chi connectivity index (χ0n) is 12.7. The highest BCUT2D eigenvalue weighted by Gasteiger charge is 2.14. The number of carbonyl (C=O) groups excluding carboxylic acids is 1. The average Bonchev–Trinajstić information content (AvgIpc) is 3.02. The lowest BCUT2D eigenvalue weighted by atomic mass is 10.2. The van der Waals surface area contributed by atoms with Gasteiger partial charge in [-0.15, -0.1) is 0 Å². The van der Waals surface area contributed by atoms with Gasteiger partial charge in [0.2, 0.25) is 6.79 Å². The first-order chi connectivity index (χ1) is 11.2. The molecule has 0 saturated carbocycles. The monoisotopic (exact) mass is 316 g/mol. The number of nitrogens with one attached hydrogen (secondary N) is 2. The van der Waals surface area contributed by atoms with E-state index >= 15 is 0 Å². The van der Waals surface area contributed by atoms with Gasteiger partial charge in [-0.25, -0.2) is 4.79 Å². The third kappa shape index (κ3) is 3.23. The van der Waals surface area contributed by atoms with Gasteiger partial charge in [-0.05, 0) is 24.3 Å². The molecule has 0 radical (unpaired) electrons. The summed E-state index contributed by atoms with van der Waals surface area (Å²) in [5, 5.41) is 5.45. The molecule has 2 N–H and O–H groups in total. The Morgan fingerprint density at radius 3 is 2.61 bits per heavy atom. The summed E-state index contributed by atoms with van der Waals surface area (Å²) in [5.41, 5.74) is 1.13. The zero-order valence-corrected chi connectivity index (χ0v) is 12.7. The summed E-state index contributed by atoms with van der Waals surface area (Å²) in [6.45, 7) is 0.189. The quantitative estimate of drug-likeness (QED) is 0.906. The molecule has 1 heterocycles. The summed E-state index contributed by atoms with van der Waals surface area (Å²) in [5.74, 6) is 2.41. The molecular weight excluding hydrogens is 300 g/mol. The third-order valence-electron chi connectivity index (χ3n) is 3.29. The largest absolute Gasteiger partial charge is 0.497 e. The number of rotatable bonds is 4. The van der Waals surface area contributed by atoms with Crippen molar-refractivity contribution in [3.8, 4) is 23.0 Å². The lowest BCUT2D eigenvalue weighted by Gasteiger charge is -2.12. The Kier molecular flexibility index (Phi) is 4.09. The second-order valence-corrected chi connectivity index (χ2v) is 4.71. The van der Waals surface area contributed by atoms with Crippen molar-refractivity contribution in [1.82, 2.24) is 0 Å². The van der Waals surface area contributed by atoms with Crippen LogP contribution in [-0.4, -0.2) is 27.0 Å². The molecule has 0 bridgehead atoms. The number of anilines is 2. The summed E-state index contributed by atoms with van der Waals surface area (Å²) < 4.78 is 20.9. The van der Waals surface area contributed by atoms with Crippen LogP contribution in [0.15, 0.2) is 36.4 Å². The molecule has 2 amide bonds. The number of fused-ring (bicyclic) bond motifs is 1. The van der Waals surface area contributed by atoms with E-state index in [1.165, 1.54) is 7.11 Å². The molecule has 0 aromatic heterocycles. The lowest BCUT2D eigenvalue weighted by Crippen LogP contribution is -2.19. The number of amides is 2. The first-order valence-corrected chi connectivity index (χ1v) is 6.89. The Morgan fingerprint density at radius 2 is 1.83 bits per heavy atom. The normalized spacial score (nSPS) is 11.7. The minimum atomic E-state index is -0.396.